The van der Waals surface area contributed by atoms with Gasteiger partial charge in [0.15, 0.2) is 6.29 Å². The number of carbonyl (C=O) groups is 1. The molecule has 1 aliphatic rings. The Balaban J connectivity index is 0.00000529. The van der Waals surface area contributed by atoms with Crippen LogP contribution in [0.15, 0.2) is 0 Å². The second kappa shape index (κ2) is 7.73. The normalized spacial score (nSPS) is 45.9. The van der Waals surface area contributed by atoms with Gasteiger partial charge in [-0.05, 0) is 6.85 Å². The van der Waals surface area contributed by atoms with Gasteiger partial charge in [0.1, 0.15) is 24.4 Å². The zero-order chi connectivity index (χ0) is 18.4. The monoisotopic (exact) mass is 280 g/mol. The molecular weight excluding hydrogens is 259 g/mol. The van der Waals surface area contributed by atoms with Crippen LogP contribution in [-0.4, -0.2) is 69.7 Å². The summed E-state index contributed by atoms with van der Waals surface area (Å²) >= 11 is 0. The van der Waals surface area contributed by atoms with Crippen LogP contribution in [0.4, 0.5) is 0 Å². The molecule has 1 fully saturated rings. The first-order chi connectivity index (χ1) is 10.1. The number of aliphatic hydroxyl groups excluding tert-OH is 3. The van der Waals surface area contributed by atoms with E-state index in [1.807, 2.05) is 0 Å². The van der Waals surface area contributed by atoms with E-state index in [-0.39, 0.29) is 29.6 Å². The summed E-state index contributed by atoms with van der Waals surface area (Å²) in [4.78, 5) is 10.8. The van der Waals surface area contributed by atoms with Crippen molar-refractivity contribution in [3.63, 3.8) is 0 Å². The van der Waals surface area contributed by atoms with Crippen LogP contribution in [0.3, 0.4) is 0 Å². The number of rotatable bonds is 4. The average molecular weight is 280 g/mol. The molecule has 1 heterocycles. The van der Waals surface area contributed by atoms with Gasteiger partial charge in [0.25, 0.3) is 0 Å². The van der Waals surface area contributed by atoms with Crippen molar-refractivity contribution in [1.29, 1.82) is 0 Å². The maximum absolute atomic E-state index is 10.8. The Labute approximate surface area is 134 Å². The first-order valence-corrected chi connectivity index (χ1v) is 4.44. The molecule has 0 aliphatic carbocycles. The molecule has 1 saturated heterocycles. The van der Waals surface area contributed by atoms with E-state index in [2.05, 4.69) is 9.47 Å². The third-order valence-corrected chi connectivity index (χ3v) is 2.07. The van der Waals surface area contributed by atoms with Gasteiger partial charge in [0, 0.05) is 4.11 Å². The van der Waals surface area contributed by atoms with Crippen LogP contribution in [0.5, 0.6) is 0 Å². The molecule has 1 rings (SSSR count). The van der Waals surface area contributed by atoms with E-state index in [0.717, 1.165) is 0 Å². The van der Waals surface area contributed by atoms with Crippen LogP contribution in [0.25, 0.3) is 0 Å². The van der Waals surface area contributed by atoms with E-state index >= 15 is 0 Å². The Morgan fingerprint density at radius 3 is 2.67 bits per heavy atom. The maximum atomic E-state index is 10.8. The molecule has 9 heteroatoms. The van der Waals surface area contributed by atoms with E-state index in [1.54, 1.807) is 0 Å². The molecule has 0 radical (unpaired) electrons. The predicted molar refractivity (Wildman–Crippen MR) is 49.3 cm³/mol. The molecule has 6 atom stereocenters. The minimum absolute atomic E-state index is 0. The molecule has 0 bridgehead atoms. The Morgan fingerprint density at radius 1 is 1.56 bits per heavy atom. The van der Waals surface area contributed by atoms with Crippen LogP contribution in [-0.2, 0) is 14.3 Å². The summed E-state index contributed by atoms with van der Waals surface area (Å²) < 4.78 is 51.6. The van der Waals surface area contributed by atoms with Crippen molar-refractivity contribution in [2.24, 2.45) is 0 Å². The Kier molecular flexibility index (Phi) is 4.31. The quantitative estimate of drug-likeness (QED) is 0.372. The Bertz CT molecular complexity index is 460. The van der Waals surface area contributed by atoms with Crippen molar-refractivity contribution in [2.45, 2.75) is 43.6 Å². The van der Waals surface area contributed by atoms with Crippen molar-refractivity contribution >= 4 is 5.97 Å². The Morgan fingerprint density at radius 2 is 2.17 bits per heavy atom. The molecule has 8 nitrogen and oxygen atoms in total. The Hall–Kier alpha value is 0.230. The van der Waals surface area contributed by atoms with Crippen molar-refractivity contribution in [1.82, 2.24) is 0 Å². The van der Waals surface area contributed by atoms with E-state index in [0.29, 0.717) is 0 Å². The fourth-order valence-electron chi connectivity index (χ4n) is 1.25. The van der Waals surface area contributed by atoms with Crippen molar-refractivity contribution in [2.75, 3.05) is 6.56 Å². The fourth-order valence-corrected chi connectivity index (χ4v) is 1.25. The first-order valence-electron chi connectivity index (χ1n) is 7.44. The van der Waals surface area contributed by atoms with Gasteiger partial charge in [0.05, 0.1) is 22.7 Å². The number of carboxylic acid groups (broad SMARTS) is 1. The number of aliphatic hydroxyl groups is 4. The first kappa shape index (κ1) is 10.0. The van der Waals surface area contributed by atoms with E-state index in [9.17, 15) is 30.3 Å². The fraction of sp³-hybridized carbons (Fsp3) is 0.889. The van der Waals surface area contributed by atoms with Crippen LogP contribution >= 0.6 is 0 Å². The third-order valence-electron chi connectivity index (χ3n) is 2.07. The van der Waals surface area contributed by atoms with E-state index in [1.165, 1.54) is 0 Å². The molecule has 0 aromatic rings. The summed E-state index contributed by atoms with van der Waals surface area (Å²) in [5.41, 5.74) is 0. The minimum atomic E-state index is -3.80. The van der Waals surface area contributed by atoms with Gasteiger partial charge in [-0.25, -0.2) is 0 Å². The zero-order valence-corrected chi connectivity index (χ0v) is 11.3. The summed E-state index contributed by atoms with van der Waals surface area (Å²) in [5, 5.41) is 48.8. The van der Waals surface area contributed by atoms with Gasteiger partial charge in [0.2, 0.25) is 0 Å². The molecular formula is C9H15NaO8. The number of aliphatic carboxylic acids is 1. The minimum Gasteiger partial charge on any atom is -0.547 e. The molecule has 0 spiro atoms. The van der Waals surface area contributed by atoms with Crippen molar-refractivity contribution in [3.05, 3.63) is 0 Å². The summed E-state index contributed by atoms with van der Waals surface area (Å²) in [6, 6.07) is 0. The molecule has 100 valence electrons. The van der Waals surface area contributed by atoms with Gasteiger partial charge in [-0.2, -0.15) is 0 Å². The zero-order valence-electron chi connectivity index (χ0n) is 15.3. The van der Waals surface area contributed by atoms with E-state index in [4.69, 9.17) is 8.22 Å². The third kappa shape index (κ3) is 4.41. The SMILES string of the molecule is [2H]C([2H])([2H])C([2H])(O)C([2H])([2H])O[C@@H]1O[C@H](C(=O)[O-])[C@@H](O)[C@H](O)[C@H]1O.[Na+]. The van der Waals surface area contributed by atoms with Gasteiger partial charge in [-0.15, -0.1) is 0 Å². The second-order valence-electron chi connectivity index (χ2n) is 3.28. The van der Waals surface area contributed by atoms with Crippen LogP contribution in [0, 0.1) is 0 Å². The number of hydrogen-bond donors (Lipinski definition) is 4. The summed E-state index contributed by atoms with van der Waals surface area (Å²) in [5.74, 6) is -2.02. The van der Waals surface area contributed by atoms with Crippen LogP contribution in [0.2, 0.25) is 0 Å². The molecule has 4 N–H and O–H groups in total. The number of carbonyl (C=O) groups excluding carboxylic acids is 1. The van der Waals surface area contributed by atoms with Crippen molar-refractivity contribution in [3.8, 4) is 0 Å². The van der Waals surface area contributed by atoms with E-state index < -0.39 is 56.2 Å². The number of carboxylic acids is 1. The molecule has 0 aromatic carbocycles. The largest absolute Gasteiger partial charge is 1.00 e. The maximum Gasteiger partial charge on any atom is 1.00 e. The molecule has 1 unspecified atom stereocenters. The molecule has 0 aromatic heterocycles. The molecule has 0 amide bonds. The number of hydrogen-bond acceptors (Lipinski definition) is 8. The van der Waals surface area contributed by atoms with Crippen molar-refractivity contribution < 1.29 is 77.6 Å². The van der Waals surface area contributed by atoms with Gasteiger partial charge < -0.3 is 39.8 Å². The predicted octanol–water partition coefficient (Wildman–Crippen LogP) is -7.05. The number of ether oxygens (including phenoxy) is 2. The molecule has 18 heavy (non-hydrogen) atoms. The molecule has 1 aliphatic heterocycles. The summed E-state index contributed by atoms with van der Waals surface area (Å²) in [7, 11) is 0. The molecule has 0 saturated carbocycles. The summed E-state index contributed by atoms with van der Waals surface area (Å²) in [6.45, 7) is -7.23. The van der Waals surface area contributed by atoms with Gasteiger partial charge >= 0.3 is 29.6 Å². The van der Waals surface area contributed by atoms with Gasteiger partial charge in [-0.1, -0.05) is 0 Å². The van der Waals surface area contributed by atoms with Crippen LogP contribution in [0.1, 0.15) is 15.1 Å². The smallest absolute Gasteiger partial charge is 0.547 e. The topological polar surface area (TPSA) is 140 Å². The summed E-state index contributed by atoms with van der Waals surface area (Å²) in [6.07, 6.45) is -14.8. The van der Waals surface area contributed by atoms with Crippen LogP contribution < -0.4 is 34.7 Å². The second-order valence-corrected chi connectivity index (χ2v) is 3.28. The standard InChI is InChI=1S/C9H16O8.Na/c1-3(10)2-16-9-6(13)4(11)5(12)7(17-9)8(14)15;/h3-7,9-13H,2H2,1H3,(H,14,15);/q;+1/p-1/t3?,4-,5-,6+,7-,9+;/m0./s1/i1D3,2D2,3D;. The average Bonchev–Trinajstić information content (AvgIpc) is 2.37. The van der Waals surface area contributed by atoms with Gasteiger partial charge in [-0.3, -0.25) is 0 Å².